The standard InChI is InChI=1S/C13H19N/c1-2-14-13-11-7-3-5-6-4-8(9(5)11)12(13)10(6)7/h5-14H,2-4H2,1H3/t5-,6+,7-,8-,9+,10+,11-,12-,13?/m0/s1. The lowest BCUT2D eigenvalue weighted by atomic mass is 9.71. The molecule has 0 radical (unpaired) electrons. The highest BCUT2D eigenvalue weighted by Crippen LogP contribution is 2.82. The van der Waals surface area contributed by atoms with Gasteiger partial charge in [-0.2, -0.15) is 0 Å². The summed E-state index contributed by atoms with van der Waals surface area (Å²) in [6.07, 6.45) is 3.28. The highest BCUT2D eigenvalue weighted by Gasteiger charge is 2.79. The maximum absolute atomic E-state index is 3.82. The Morgan fingerprint density at radius 3 is 1.93 bits per heavy atom. The quantitative estimate of drug-likeness (QED) is 0.697. The molecule has 6 fully saturated rings. The van der Waals surface area contributed by atoms with Crippen LogP contribution < -0.4 is 5.32 Å². The Morgan fingerprint density at radius 2 is 1.43 bits per heavy atom. The summed E-state index contributed by atoms with van der Waals surface area (Å²) >= 11 is 0. The van der Waals surface area contributed by atoms with E-state index in [1.165, 1.54) is 42.1 Å². The topological polar surface area (TPSA) is 12.0 Å². The Bertz CT molecular complexity index is 284. The first-order chi connectivity index (χ1) is 6.92. The number of hydrogen-bond acceptors (Lipinski definition) is 1. The molecule has 0 aromatic carbocycles. The minimum atomic E-state index is 0.961. The van der Waals surface area contributed by atoms with Crippen LogP contribution in [0.15, 0.2) is 0 Å². The molecule has 14 heavy (non-hydrogen) atoms. The molecule has 0 spiro atoms. The van der Waals surface area contributed by atoms with Gasteiger partial charge < -0.3 is 5.32 Å². The summed E-state index contributed by atoms with van der Waals surface area (Å²) in [6, 6.07) is 0.961. The van der Waals surface area contributed by atoms with Crippen molar-refractivity contribution in [2.45, 2.75) is 25.8 Å². The molecule has 6 aliphatic rings. The van der Waals surface area contributed by atoms with Gasteiger partial charge in [-0.1, -0.05) is 6.92 Å². The Hall–Kier alpha value is -0.0400. The molecule has 0 saturated heterocycles. The van der Waals surface area contributed by atoms with E-state index >= 15 is 0 Å². The van der Waals surface area contributed by atoms with Crippen molar-refractivity contribution in [1.29, 1.82) is 0 Å². The van der Waals surface area contributed by atoms with Crippen molar-refractivity contribution in [3.63, 3.8) is 0 Å². The predicted octanol–water partition coefficient (Wildman–Crippen LogP) is 1.74. The van der Waals surface area contributed by atoms with Crippen molar-refractivity contribution < 1.29 is 0 Å². The second-order valence-corrected chi connectivity index (χ2v) is 6.52. The van der Waals surface area contributed by atoms with Crippen LogP contribution in [0.25, 0.3) is 0 Å². The van der Waals surface area contributed by atoms with Gasteiger partial charge in [0.1, 0.15) is 0 Å². The normalized spacial score (nSPS) is 74.8. The molecule has 1 unspecified atom stereocenters. The van der Waals surface area contributed by atoms with Crippen molar-refractivity contribution >= 4 is 0 Å². The Balaban J connectivity index is 1.67. The van der Waals surface area contributed by atoms with Gasteiger partial charge in [-0.25, -0.2) is 0 Å². The first kappa shape index (κ1) is 7.27. The fourth-order valence-electron chi connectivity index (χ4n) is 7.13. The molecule has 76 valence electrons. The lowest BCUT2D eigenvalue weighted by Crippen LogP contribution is -2.34. The zero-order valence-electron chi connectivity index (χ0n) is 8.82. The van der Waals surface area contributed by atoms with Gasteiger partial charge in [0.25, 0.3) is 0 Å². The van der Waals surface area contributed by atoms with E-state index in [0.717, 1.165) is 17.9 Å². The van der Waals surface area contributed by atoms with Crippen molar-refractivity contribution in [3.05, 3.63) is 0 Å². The van der Waals surface area contributed by atoms with E-state index < -0.39 is 0 Å². The SMILES string of the molecule is CCNC1[C@H]2[C@H]3C[C@@H]4[C@@H]5C[C@H]([C@H]1[C@@H]35)[C@@H]42. The third-order valence-electron chi connectivity index (χ3n) is 6.76. The van der Waals surface area contributed by atoms with Gasteiger partial charge in [-0.3, -0.25) is 0 Å². The molecule has 1 heteroatoms. The molecule has 6 bridgehead atoms. The molecule has 0 aromatic rings. The van der Waals surface area contributed by atoms with Crippen molar-refractivity contribution in [3.8, 4) is 0 Å². The molecule has 1 nitrogen and oxygen atoms in total. The maximum atomic E-state index is 3.82. The maximum Gasteiger partial charge on any atom is 0.0135 e. The average Bonchev–Trinajstić information content (AvgIpc) is 2.79. The van der Waals surface area contributed by atoms with Gasteiger partial charge in [0, 0.05) is 6.04 Å². The van der Waals surface area contributed by atoms with Crippen LogP contribution >= 0.6 is 0 Å². The van der Waals surface area contributed by atoms with Crippen LogP contribution in [0.5, 0.6) is 0 Å². The van der Waals surface area contributed by atoms with Gasteiger partial charge in [0.15, 0.2) is 0 Å². The molecule has 1 N–H and O–H groups in total. The summed E-state index contributed by atoms with van der Waals surface area (Å²) in [5.74, 6) is 9.45. The summed E-state index contributed by atoms with van der Waals surface area (Å²) in [7, 11) is 0. The van der Waals surface area contributed by atoms with Crippen LogP contribution in [0, 0.1) is 47.3 Å². The van der Waals surface area contributed by atoms with Crippen LogP contribution in [0.2, 0.25) is 0 Å². The predicted molar refractivity (Wildman–Crippen MR) is 54.6 cm³/mol. The van der Waals surface area contributed by atoms with Gasteiger partial charge in [-0.05, 0) is 66.7 Å². The zero-order valence-corrected chi connectivity index (χ0v) is 8.82. The Labute approximate surface area is 85.6 Å². The van der Waals surface area contributed by atoms with Crippen LogP contribution in [0.1, 0.15) is 19.8 Å². The molecular formula is C13H19N. The minimum Gasteiger partial charge on any atom is -0.314 e. The third-order valence-corrected chi connectivity index (χ3v) is 6.76. The van der Waals surface area contributed by atoms with Gasteiger partial charge >= 0.3 is 0 Å². The lowest BCUT2D eigenvalue weighted by Gasteiger charge is -2.33. The van der Waals surface area contributed by atoms with Crippen molar-refractivity contribution in [2.75, 3.05) is 6.54 Å². The van der Waals surface area contributed by atoms with E-state index in [0.29, 0.717) is 0 Å². The van der Waals surface area contributed by atoms with Crippen LogP contribution in [-0.2, 0) is 0 Å². The van der Waals surface area contributed by atoms with Crippen LogP contribution in [0.3, 0.4) is 0 Å². The molecule has 6 rings (SSSR count). The van der Waals surface area contributed by atoms with Crippen molar-refractivity contribution in [2.24, 2.45) is 47.3 Å². The monoisotopic (exact) mass is 189 g/mol. The van der Waals surface area contributed by atoms with Crippen LogP contribution in [0.4, 0.5) is 0 Å². The molecule has 6 aliphatic carbocycles. The number of hydrogen-bond donors (Lipinski definition) is 1. The summed E-state index contributed by atoms with van der Waals surface area (Å²) in [5, 5.41) is 3.82. The second-order valence-electron chi connectivity index (χ2n) is 6.52. The van der Waals surface area contributed by atoms with Gasteiger partial charge in [-0.15, -0.1) is 0 Å². The van der Waals surface area contributed by atoms with Crippen LogP contribution in [-0.4, -0.2) is 12.6 Å². The van der Waals surface area contributed by atoms with E-state index in [1.807, 2.05) is 0 Å². The zero-order chi connectivity index (χ0) is 9.02. The smallest absolute Gasteiger partial charge is 0.0135 e. The molecule has 0 aliphatic heterocycles. The van der Waals surface area contributed by atoms with E-state index in [9.17, 15) is 0 Å². The molecule has 0 aromatic heterocycles. The summed E-state index contributed by atoms with van der Waals surface area (Å²) in [6.45, 7) is 3.49. The molecule has 0 heterocycles. The molecule has 0 amide bonds. The minimum absolute atomic E-state index is 0.961. The average molecular weight is 189 g/mol. The summed E-state index contributed by atoms with van der Waals surface area (Å²) in [4.78, 5) is 0. The van der Waals surface area contributed by atoms with E-state index in [2.05, 4.69) is 12.2 Å². The fourth-order valence-corrected chi connectivity index (χ4v) is 7.13. The highest BCUT2D eigenvalue weighted by molar-refractivity contribution is 5.29. The molecule has 9 atom stereocenters. The molecular weight excluding hydrogens is 170 g/mol. The van der Waals surface area contributed by atoms with Gasteiger partial charge in [0.2, 0.25) is 0 Å². The fraction of sp³-hybridized carbons (Fsp3) is 1.00. The lowest BCUT2D eigenvalue weighted by molar-refractivity contribution is 0.132. The third kappa shape index (κ3) is 0.476. The Kier molecular flexibility index (Phi) is 1.00. The first-order valence-electron chi connectivity index (χ1n) is 6.65. The number of nitrogens with one attached hydrogen (secondary N) is 1. The number of rotatable bonds is 2. The largest absolute Gasteiger partial charge is 0.314 e. The van der Waals surface area contributed by atoms with E-state index in [4.69, 9.17) is 0 Å². The molecule has 6 saturated carbocycles. The highest BCUT2D eigenvalue weighted by atomic mass is 15.0. The van der Waals surface area contributed by atoms with E-state index in [1.54, 1.807) is 12.8 Å². The summed E-state index contributed by atoms with van der Waals surface area (Å²) < 4.78 is 0. The first-order valence-corrected chi connectivity index (χ1v) is 6.65. The van der Waals surface area contributed by atoms with E-state index in [-0.39, 0.29) is 0 Å². The summed E-state index contributed by atoms with van der Waals surface area (Å²) in [5.41, 5.74) is 0. The van der Waals surface area contributed by atoms with Gasteiger partial charge in [0.05, 0.1) is 0 Å². The van der Waals surface area contributed by atoms with Crippen molar-refractivity contribution in [1.82, 2.24) is 5.32 Å². The second kappa shape index (κ2) is 1.93. The Morgan fingerprint density at radius 1 is 0.857 bits per heavy atom.